The Balaban J connectivity index is 0.00000119. The first-order valence-corrected chi connectivity index (χ1v) is 11.2. The lowest BCUT2D eigenvalue weighted by molar-refractivity contribution is 0.122. The van der Waals surface area contributed by atoms with Gasteiger partial charge in [0.15, 0.2) is 0 Å². The van der Waals surface area contributed by atoms with Crippen LogP contribution >= 0.6 is 0 Å². The smallest absolute Gasteiger partial charge is 0.251 e. The standard InChI is InChI=1S/C24H24N4O2.C2H6/c1-17-3-2-4-18(11-17)16-28-6-5-19(12-23(28)29)22-15-26-24-21(22)13-20(14-25-24)27-7-9-30-10-8-27;1-2/h2-6,11-15H,7-10,16H2,1H3,(H,25,26);1-2H3. The van der Waals surface area contributed by atoms with Gasteiger partial charge in [-0.3, -0.25) is 4.79 Å². The van der Waals surface area contributed by atoms with Crippen LogP contribution in [0.5, 0.6) is 0 Å². The lowest BCUT2D eigenvalue weighted by Gasteiger charge is -2.28. The normalized spacial score (nSPS) is 13.7. The van der Waals surface area contributed by atoms with Gasteiger partial charge in [0.25, 0.3) is 5.56 Å². The van der Waals surface area contributed by atoms with Crippen molar-refractivity contribution in [3.63, 3.8) is 0 Å². The highest BCUT2D eigenvalue weighted by atomic mass is 16.5. The molecule has 3 aromatic heterocycles. The monoisotopic (exact) mass is 430 g/mol. The molecule has 0 bridgehead atoms. The fourth-order valence-corrected chi connectivity index (χ4v) is 4.04. The van der Waals surface area contributed by atoms with Gasteiger partial charge in [-0.05, 0) is 30.2 Å². The number of ether oxygens (including phenoxy) is 1. The van der Waals surface area contributed by atoms with Gasteiger partial charge in [0.05, 0.1) is 31.6 Å². The average molecular weight is 431 g/mol. The predicted octanol–water partition coefficient (Wildman–Crippen LogP) is 4.61. The van der Waals surface area contributed by atoms with E-state index in [9.17, 15) is 4.79 Å². The molecule has 1 saturated heterocycles. The number of rotatable bonds is 4. The number of aryl methyl sites for hydroxylation is 1. The molecule has 1 fully saturated rings. The highest BCUT2D eigenvalue weighted by Crippen LogP contribution is 2.30. The van der Waals surface area contributed by atoms with Gasteiger partial charge in [-0.1, -0.05) is 43.7 Å². The molecule has 1 aromatic carbocycles. The third-order valence-corrected chi connectivity index (χ3v) is 5.64. The van der Waals surface area contributed by atoms with E-state index in [1.165, 1.54) is 5.56 Å². The minimum absolute atomic E-state index is 0.0133. The molecule has 4 heterocycles. The van der Waals surface area contributed by atoms with Crippen LogP contribution in [0.3, 0.4) is 0 Å². The summed E-state index contributed by atoms with van der Waals surface area (Å²) in [5.41, 5.74) is 6.10. The maximum absolute atomic E-state index is 12.8. The van der Waals surface area contributed by atoms with Gasteiger partial charge >= 0.3 is 0 Å². The van der Waals surface area contributed by atoms with Crippen LogP contribution in [-0.2, 0) is 11.3 Å². The number of morpholine rings is 1. The number of benzene rings is 1. The van der Waals surface area contributed by atoms with Gasteiger partial charge < -0.3 is 19.2 Å². The molecule has 0 radical (unpaired) electrons. The first-order chi connectivity index (χ1) is 15.7. The molecule has 5 rings (SSSR count). The van der Waals surface area contributed by atoms with Crippen molar-refractivity contribution in [3.05, 3.63) is 82.5 Å². The summed E-state index contributed by atoms with van der Waals surface area (Å²) < 4.78 is 7.20. The molecule has 6 nitrogen and oxygen atoms in total. The SMILES string of the molecule is CC.Cc1cccc(Cn2ccc(-c3c[nH]c4ncc(N5CCOCC5)cc34)cc2=O)c1. The van der Waals surface area contributed by atoms with Crippen LogP contribution in [0.2, 0.25) is 0 Å². The van der Waals surface area contributed by atoms with E-state index in [1.54, 1.807) is 10.6 Å². The van der Waals surface area contributed by atoms with Crippen LogP contribution in [0.4, 0.5) is 5.69 Å². The quantitative estimate of drug-likeness (QED) is 0.514. The molecule has 0 amide bonds. The van der Waals surface area contributed by atoms with Crippen molar-refractivity contribution < 1.29 is 4.74 Å². The molecule has 0 aliphatic carbocycles. The second kappa shape index (κ2) is 9.83. The Hall–Kier alpha value is -3.38. The fourth-order valence-electron chi connectivity index (χ4n) is 4.04. The van der Waals surface area contributed by atoms with Crippen LogP contribution in [0.1, 0.15) is 25.0 Å². The van der Waals surface area contributed by atoms with E-state index in [0.29, 0.717) is 6.54 Å². The molecule has 1 aliphatic rings. The zero-order valence-electron chi connectivity index (χ0n) is 19.0. The van der Waals surface area contributed by atoms with E-state index in [4.69, 9.17) is 4.74 Å². The van der Waals surface area contributed by atoms with Gasteiger partial charge in [0.1, 0.15) is 5.65 Å². The summed E-state index contributed by atoms with van der Waals surface area (Å²) in [7, 11) is 0. The Morgan fingerprint density at radius 1 is 1.09 bits per heavy atom. The van der Waals surface area contributed by atoms with Crippen LogP contribution in [-0.4, -0.2) is 40.8 Å². The number of pyridine rings is 2. The second-order valence-corrected chi connectivity index (χ2v) is 7.76. The van der Waals surface area contributed by atoms with Gasteiger partial charge in [0.2, 0.25) is 0 Å². The molecule has 1 aliphatic heterocycles. The molecule has 32 heavy (non-hydrogen) atoms. The van der Waals surface area contributed by atoms with E-state index in [2.05, 4.69) is 40.0 Å². The van der Waals surface area contributed by atoms with E-state index in [1.807, 2.05) is 50.6 Å². The van der Waals surface area contributed by atoms with Crippen molar-refractivity contribution in [3.8, 4) is 11.1 Å². The number of aromatic nitrogens is 3. The topological polar surface area (TPSA) is 63.1 Å². The molecule has 0 saturated carbocycles. The average Bonchev–Trinajstić information content (AvgIpc) is 3.26. The number of H-pyrrole nitrogens is 1. The number of aromatic amines is 1. The van der Waals surface area contributed by atoms with Crippen molar-refractivity contribution in [1.29, 1.82) is 0 Å². The predicted molar refractivity (Wildman–Crippen MR) is 130 cm³/mol. The zero-order valence-corrected chi connectivity index (χ0v) is 19.0. The summed E-state index contributed by atoms with van der Waals surface area (Å²) >= 11 is 0. The number of nitrogens with one attached hydrogen (secondary N) is 1. The van der Waals surface area contributed by atoms with Crippen molar-refractivity contribution in [2.75, 3.05) is 31.2 Å². The Morgan fingerprint density at radius 2 is 1.91 bits per heavy atom. The molecular weight excluding hydrogens is 400 g/mol. The molecular formula is C26H30N4O2. The minimum atomic E-state index is -0.0133. The molecule has 4 aromatic rings. The second-order valence-electron chi connectivity index (χ2n) is 7.76. The Morgan fingerprint density at radius 3 is 2.66 bits per heavy atom. The van der Waals surface area contributed by atoms with Crippen molar-refractivity contribution >= 4 is 16.7 Å². The van der Waals surface area contributed by atoms with E-state index >= 15 is 0 Å². The molecule has 166 valence electrons. The molecule has 6 heteroatoms. The highest BCUT2D eigenvalue weighted by molar-refractivity contribution is 5.95. The highest BCUT2D eigenvalue weighted by Gasteiger charge is 2.15. The fraction of sp³-hybridized carbons (Fsp3) is 0.308. The summed E-state index contributed by atoms with van der Waals surface area (Å²) in [5, 5.41) is 1.02. The van der Waals surface area contributed by atoms with Gasteiger partial charge in [-0.15, -0.1) is 0 Å². The van der Waals surface area contributed by atoms with Gasteiger partial charge in [-0.2, -0.15) is 0 Å². The largest absolute Gasteiger partial charge is 0.378 e. The number of fused-ring (bicyclic) bond motifs is 1. The summed E-state index contributed by atoms with van der Waals surface area (Å²) in [5.74, 6) is 0. The Kier molecular flexibility index (Phi) is 6.71. The number of nitrogens with zero attached hydrogens (tertiary/aromatic N) is 3. The maximum Gasteiger partial charge on any atom is 0.251 e. The Labute approximate surface area is 188 Å². The van der Waals surface area contributed by atoms with Crippen molar-refractivity contribution in [2.45, 2.75) is 27.3 Å². The number of anilines is 1. The third-order valence-electron chi connectivity index (χ3n) is 5.64. The van der Waals surface area contributed by atoms with Crippen LogP contribution in [0, 0.1) is 6.92 Å². The third kappa shape index (κ3) is 4.60. The first kappa shape index (κ1) is 21.8. The van der Waals surface area contributed by atoms with Gasteiger partial charge in [-0.25, -0.2) is 4.98 Å². The first-order valence-electron chi connectivity index (χ1n) is 11.2. The van der Waals surface area contributed by atoms with Crippen molar-refractivity contribution in [2.24, 2.45) is 0 Å². The maximum atomic E-state index is 12.8. The summed E-state index contributed by atoms with van der Waals surface area (Å²) in [6.07, 6.45) is 5.70. The van der Waals surface area contributed by atoms with Crippen molar-refractivity contribution in [1.82, 2.24) is 14.5 Å². The number of hydrogen-bond donors (Lipinski definition) is 1. The van der Waals surface area contributed by atoms with Crippen LogP contribution in [0.15, 0.2) is 65.8 Å². The summed E-state index contributed by atoms with van der Waals surface area (Å²) in [4.78, 5) is 22.9. The Bertz CT molecular complexity index is 1250. The van der Waals surface area contributed by atoms with E-state index in [0.717, 1.165) is 59.7 Å². The molecule has 0 spiro atoms. The molecule has 0 atom stereocenters. The summed E-state index contributed by atoms with van der Waals surface area (Å²) in [6.45, 7) is 9.82. The molecule has 0 unspecified atom stereocenters. The number of hydrogen-bond acceptors (Lipinski definition) is 4. The lowest BCUT2D eigenvalue weighted by atomic mass is 10.1. The minimum Gasteiger partial charge on any atom is -0.378 e. The van der Waals surface area contributed by atoms with Crippen LogP contribution < -0.4 is 10.5 Å². The molecule has 1 N–H and O–H groups in total. The van der Waals surface area contributed by atoms with Gasteiger partial charge in [0, 0.05) is 42.5 Å². The lowest BCUT2D eigenvalue weighted by Crippen LogP contribution is -2.36. The van der Waals surface area contributed by atoms with E-state index < -0.39 is 0 Å². The van der Waals surface area contributed by atoms with Crippen LogP contribution in [0.25, 0.3) is 22.2 Å². The summed E-state index contributed by atoms with van der Waals surface area (Å²) in [6, 6.07) is 14.1. The van der Waals surface area contributed by atoms with E-state index in [-0.39, 0.29) is 5.56 Å². The zero-order chi connectivity index (χ0) is 22.5.